The third kappa shape index (κ3) is 4.50. The van der Waals surface area contributed by atoms with Gasteiger partial charge in [0.15, 0.2) is 0 Å². The standard InChI is InChI=1S/C26H23FN2O2S/c27-22-7-4-8-23-25(22)28-26(32-23)31-21-13-15-29(16-14-21)24(30)17-18-9-11-20(12-10-18)19-5-2-1-3-6-19/h1-12,21H,13-17H2. The van der Waals surface area contributed by atoms with E-state index in [1.807, 2.05) is 41.3 Å². The van der Waals surface area contributed by atoms with Crippen LogP contribution >= 0.6 is 11.3 Å². The molecule has 32 heavy (non-hydrogen) atoms. The van der Waals surface area contributed by atoms with Crippen molar-refractivity contribution in [1.29, 1.82) is 0 Å². The number of carbonyl (C=O) groups excluding carboxylic acids is 1. The van der Waals surface area contributed by atoms with Gasteiger partial charge in [-0.2, -0.15) is 4.98 Å². The summed E-state index contributed by atoms with van der Waals surface area (Å²) < 4.78 is 20.6. The molecule has 1 amide bonds. The fourth-order valence-electron chi connectivity index (χ4n) is 4.04. The van der Waals surface area contributed by atoms with E-state index in [-0.39, 0.29) is 17.8 Å². The van der Waals surface area contributed by atoms with Crippen LogP contribution in [0.4, 0.5) is 4.39 Å². The van der Waals surface area contributed by atoms with E-state index in [1.54, 1.807) is 6.07 Å². The summed E-state index contributed by atoms with van der Waals surface area (Å²) in [6.07, 6.45) is 1.89. The number of likely N-dealkylation sites (tertiary alicyclic amines) is 1. The van der Waals surface area contributed by atoms with E-state index >= 15 is 0 Å². The van der Waals surface area contributed by atoms with Crippen molar-refractivity contribution in [1.82, 2.24) is 9.88 Å². The molecule has 0 radical (unpaired) electrons. The van der Waals surface area contributed by atoms with Gasteiger partial charge < -0.3 is 9.64 Å². The van der Waals surface area contributed by atoms with Crippen molar-refractivity contribution in [3.05, 3.63) is 84.2 Å². The van der Waals surface area contributed by atoms with Crippen LogP contribution in [0.3, 0.4) is 0 Å². The SMILES string of the molecule is O=C(Cc1ccc(-c2ccccc2)cc1)N1CCC(Oc2nc3c(F)cccc3s2)CC1. The highest BCUT2D eigenvalue weighted by Gasteiger charge is 2.25. The molecular weight excluding hydrogens is 423 g/mol. The first-order valence-corrected chi connectivity index (χ1v) is 11.6. The fourth-order valence-corrected chi connectivity index (χ4v) is 4.94. The number of halogens is 1. The third-order valence-corrected chi connectivity index (χ3v) is 6.74. The van der Waals surface area contributed by atoms with Crippen molar-refractivity contribution < 1.29 is 13.9 Å². The van der Waals surface area contributed by atoms with E-state index in [9.17, 15) is 9.18 Å². The van der Waals surface area contributed by atoms with Crippen LogP contribution in [-0.4, -0.2) is 35.0 Å². The molecule has 1 saturated heterocycles. The second-order valence-corrected chi connectivity index (χ2v) is 9.00. The van der Waals surface area contributed by atoms with Gasteiger partial charge in [-0.05, 0) is 28.8 Å². The number of nitrogens with zero attached hydrogens (tertiary/aromatic N) is 2. The molecule has 0 spiro atoms. The molecule has 1 aliphatic heterocycles. The van der Waals surface area contributed by atoms with Crippen LogP contribution in [0, 0.1) is 5.82 Å². The Morgan fingerprint density at radius 2 is 1.69 bits per heavy atom. The van der Waals surface area contributed by atoms with Crippen LogP contribution in [-0.2, 0) is 11.2 Å². The average Bonchev–Trinajstić information content (AvgIpc) is 3.24. The lowest BCUT2D eigenvalue weighted by molar-refractivity contribution is -0.132. The van der Waals surface area contributed by atoms with Gasteiger partial charge in [0.05, 0.1) is 11.1 Å². The van der Waals surface area contributed by atoms with E-state index in [2.05, 4.69) is 29.2 Å². The number of amides is 1. The molecule has 0 unspecified atom stereocenters. The molecule has 162 valence electrons. The molecule has 5 rings (SSSR count). The van der Waals surface area contributed by atoms with Crippen molar-refractivity contribution in [3.8, 4) is 16.3 Å². The molecule has 1 aromatic heterocycles. The summed E-state index contributed by atoms with van der Waals surface area (Å²) in [6.45, 7) is 1.32. The zero-order valence-electron chi connectivity index (χ0n) is 17.5. The van der Waals surface area contributed by atoms with Crippen LogP contribution < -0.4 is 4.74 Å². The quantitative estimate of drug-likeness (QED) is 0.394. The zero-order chi connectivity index (χ0) is 21.9. The monoisotopic (exact) mass is 446 g/mol. The number of piperidine rings is 1. The molecule has 3 aromatic carbocycles. The average molecular weight is 447 g/mol. The summed E-state index contributed by atoms with van der Waals surface area (Å²) in [4.78, 5) is 19.0. The molecule has 0 atom stereocenters. The Kier molecular flexibility index (Phi) is 5.86. The van der Waals surface area contributed by atoms with Crippen molar-refractivity contribution in [2.75, 3.05) is 13.1 Å². The molecule has 4 aromatic rings. The van der Waals surface area contributed by atoms with Gasteiger partial charge in [-0.25, -0.2) is 4.39 Å². The zero-order valence-corrected chi connectivity index (χ0v) is 18.4. The molecule has 0 bridgehead atoms. The maximum atomic E-state index is 13.9. The van der Waals surface area contributed by atoms with Gasteiger partial charge in [0.2, 0.25) is 5.91 Å². The van der Waals surface area contributed by atoms with Crippen LogP contribution in [0.2, 0.25) is 0 Å². The molecule has 2 heterocycles. The molecule has 0 saturated carbocycles. The summed E-state index contributed by atoms with van der Waals surface area (Å²) in [5.41, 5.74) is 3.70. The highest BCUT2D eigenvalue weighted by atomic mass is 32.1. The first-order chi connectivity index (χ1) is 15.7. The lowest BCUT2D eigenvalue weighted by Gasteiger charge is -2.31. The summed E-state index contributed by atoms with van der Waals surface area (Å²) in [6, 6.07) is 23.3. The van der Waals surface area contributed by atoms with Gasteiger partial charge in [0.1, 0.15) is 17.4 Å². The van der Waals surface area contributed by atoms with Crippen LogP contribution in [0.1, 0.15) is 18.4 Å². The Balaban J connectivity index is 1.14. The second-order valence-electron chi connectivity index (χ2n) is 8.00. The van der Waals surface area contributed by atoms with Crippen molar-refractivity contribution >= 4 is 27.5 Å². The Bertz CT molecular complexity index is 1220. The van der Waals surface area contributed by atoms with Gasteiger partial charge in [0, 0.05) is 25.9 Å². The van der Waals surface area contributed by atoms with E-state index in [4.69, 9.17) is 4.74 Å². The highest BCUT2D eigenvalue weighted by Crippen LogP contribution is 2.31. The fraction of sp³-hybridized carbons (Fsp3) is 0.231. The highest BCUT2D eigenvalue weighted by molar-refractivity contribution is 7.20. The normalized spacial score (nSPS) is 14.6. The van der Waals surface area contributed by atoms with Gasteiger partial charge >= 0.3 is 0 Å². The molecule has 6 heteroatoms. The number of hydrogen-bond donors (Lipinski definition) is 0. The van der Waals surface area contributed by atoms with Gasteiger partial charge in [-0.1, -0.05) is 72.0 Å². The Morgan fingerprint density at radius 3 is 2.41 bits per heavy atom. The molecule has 1 fully saturated rings. The Labute approximate surface area is 190 Å². The van der Waals surface area contributed by atoms with Crippen molar-refractivity contribution in [2.45, 2.75) is 25.4 Å². The number of rotatable bonds is 5. The Morgan fingerprint density at radius 1 is 0.969 bits per heavy atom. The lowest BCUT2D eigenvalue weighted by atomic mass is 10.0. The van der Waals surface area contributed by atoms with Crippen molar-refractivity contribution in [2.24, 2.45) is 0 Å². The van der Waals surface area contributed by atoms with Gasteiger partial charge in [-0.3, -0.25) is 4.79 Å². The van der Waals surface area contributed by atoms with Crippen LogP contribution in [0.5, 0.6) is 5.19 Å². The van der Waals surface area contributed by atoms with Gasteiger partial charge in [0.25, 0.3) is 5.19 Å². The number of fused-ring (bicyclic) bond motifs is 1. The predicted octanol–water partition coefficient (Wildman–Crippen LogP) is 5.71. The number of carbonyl (C=O) groups is 1. The first kappa shape index (κ1) is 20.6. The maximum Gasteiger partial charge on any atom is 0.274 e. The minimum atomic E-state index is -0.328. The number of ether oxygens (including phenoxy) is 1. The molecule has 4 nitrogen and oxygen atoms in total. The first-order valence-electron chi connectivity index (χ1n) is 10.8. The largest absolute Gasteiger partial charge is 0.467 e. The van der Waals surface area contributed by atoms with E-state index in [1.165, 1.54) is 23.0 Å². The van der Waals surface area contributed by atoms with E-state index in [0.717, 1.165) is 28.7 Å². The summed E-state index contributed by atoms with van der Waals surface area (Å²) in [5.74, 6) is -0.191. The third-order valence-electron chi connectivity index (χ3n) is 5.83. The summed E-state index contributed by atoms with van der Waals surface area (Å²) >= 11 is 1.36. The van der Waals surface area contributed by atoms with Crippen molar-refractivity contribution in [3.63, 3.8) is 0 Å². The summed E-state index contributed by atoms with van der Waals surface area (Å²) in [5, 5.41) is 0.494. The minimum Gasteiger partial charge on any atom is -0.467 e. The molecule has 0 N–H and O–H groups in total. The smallest absolute Gasteiger partial charge is 0.274 e. The number of aromatic nitrogens is 1. The molecule has 0 aliphatic carbocycles. The van der Waals surface area contributed by atoms with Gasteiger partial charge in [-0.15, -0.1) is 0 Å². The number of hydrogen-bond acceptors (Lipinski definition) is 4. The van der Waals surface area contributed by atoms with E-state index in [0.29, 0.717) is 30.2 Å². The number of thiazole rings is 1. The van der Waals surface area contributed by atoms with Crippen LogP contribution in [0.25, 0.3) is 21.3 Å². The van der Waals surface area contributed by atoms with E-state index < -0.39 is 0 Å². The Hall–Kier alpha value is -3.25. The second kappa shape index (κ2) is 9.09. The number of benzene rings is 3. The molecular formula is C26H23FN2O2S. The number of para-hydroxylation sites is 1. The maximum absolute atomic E-state index is 13.9. The minimum absolute atomic E-state index is 0.00664. The van der Waals surface area contributed by atoms with Crippen LogP contribution in [0.15, 0.2) is 72.8 Å². The lowest BCUT2D eigenvalue weighted by Crippen LogP contribution is -2.42. The molecule has 1 aliphatic rings. The predicted molar refractivity (Wildman–Crippen MR) is 125 cm³/mol. The topological polar surface area (TPSA) is 42.4 Å². The summed E-state index contributed by atoms with van der Waals surface area (Å²) in [7, 11) is 0.